The second-order valence-electron chi connectivity index (χ2n) is 3.26. The number of nitrogens with two attached hydrogens (primary N) is 1. The monoisotopic (exact) mass is 192 g/mol. The van der Waals surface area contributed by atoms with E-state index in [0.29, 0.717) is 6.54 Å². The lowest BCUT2D eigenvalue weighted by Crippen LogP contribution is -2.28. The van der Waals surface area contributed by atoms with Crippen molar-refractivity contribution in [2.75, 3.05) is 6.61 Å². The molecule has 0 radical (unpaired) electrons. The number of carbonyl (C=O) groups is 1. The maximum atomic E-state index is 10.5. The lowest BCUT2D eigenvalue weighted by Gasteiger charge is -2.04. The standard InChI is InChI=1S/C10H12N2O2/c11-10(13)12-6-7-1-2-8-3-4-14-9(8)5-7/h1-2,5H,3-4,6H2,(H3,11,12,13). The van der Waals surface area contributed by atoms with Crippen LogP contribution in [-0.2, 0) is 13.0 Å². The summed E-state index contributed by atoms with van der Waals surface area (Å²) in [7, 11) is 0. The number of carbonyl (C=O) groups excluding carboxylic acids is 1. The molecule has 0 saturated carbocycles. The molecule has 0 saturated heterocycles. The number of primary amides is 1. The van der Waals surface area contributed by atoms with Gasteiger partial charge in [0, 0.05) is 13.0 Å². The molecule has 0 fully saturated rings. The van der Waals surface area contributed by atoms with Gasteiger partial charge in [-0.3, -0.25) is 0 Å². The van der Waals surface area contributed by atoms with E-state index >= 15 is 0 Å². The Bertz CT molecular complexity index is 363. The first kappa shape index (κ1) is 8.87. The third kappa shape index (κ3) is 1.79. The molecule has 1 aromatic carbocycles. The van der Waals surface area contributed by atoms with Gasteiger partial charge in [0.05, 0.1) is 6.61 Å². The number of fused-ring (bicyclic) bond motifs is 1. The number of hydrogen-bond donors (Lipinski definition) is 2. The molecule has 0 atom stereocenters. The van der Waals surface area contributed by atoms with E-state index < -0.39 is 6.03 Å². The van der Waals surface area contributed by atoms with Gasteiger partial charge in [-0.1, -0.05) is 12.1 Å². The van der Waals surface area contributed by atoms with Crippen molar-refractivity contribution >= 4 is 6.03 Å². The number of ether oxygens (including phenoxy) is 1. The SMILES string of the molecule is NC(=O)NCc1ccc2c(c1)OCC2. The summed E-state index contributed by atoms with van der Waals surface area (Å²) in [5.41, 5.74) is 7.21. The number of urea groups is 1. The second kappa shape index (κ2) is 3.57. The maximum absolute atomic E-state index is 10.5. The molecule has 1 heterocycles. The predicted octanol–water partition coefficient (Wildman–Crippen LogP) is 0.790. The van der Waals surface area contributed by atoms with Gasteiger partial charge in [-0.05, 0) is 17.2 Å². The Morgan fingerprint density at radius 1 is 1.57 bits per heavy atom. The van der Waals surface area contributed by atoms with Gasteiger partial charge in [0.1, 0.15) is 5.75 Å². The zero-order chi connectivity index (χ0) is 9.97. The summed E-state index contributed by atoms with van der Waals surface area (Å²) in [6.07, 6.45) is 0.971. The van der Waals surface area contributed by atoms with Crippen LogP contribution >= 0.6 is 0 Å². The fraction of sp³-hybridized carbons (Fsp3) is 0.300. The Hall–Kier alpha value is -1.71. The highest BCUT2D eigenvalue weighted by Crippen LogP contribution is 2.25. The summed E-state index contributed by atoms with van der Waals surface area (Å²) in [6, 6.07) is 5.44. The largest absolute Gasteiger partial charge is 0.493 e. The van der Waals surface area contributed by atoms with Gasteiger partial charge in [0.15, 0.2) is 0 Å². The van der Waals surface area contributed by atoms with E-state index in [1.54, 1.807) is 0 Å². The summed E-state index contributed by atoms with van der Waals surface area (Å²) in [5.74, 6) is 0.925. The van der Waals surface area contributed by atoms with E-state index in [-0.39, 0.29) is 0 Å². The number of nitrogens with one attached hydrogen (secondary N) is 1. The number of benzene rings is 1. The number of rotatable bonds is 2. The van der Waals surface area contributed by atoms with Crippen molar-refractivity contribution < 1.29 is 9.53 Å². The average molecular weight is 192 g/mol. The van der Waals surface area contributed by atoms with Gasteiger partial charge in [-0.2, -0.15) is 0 Å². The molecule has 2 amide bonds. The van der Waals surface area contributed by atoms with Crippen molar-refractivity contribution in [2.45, 2.75) is 13.0 Å². The van der Waals surface area contributed by atoms with E-state index in [1.807, 2.05) is 18.2 Å². The van der Waals surface area contributed by atoms with Gasteiger partial charge in [-0.25, -0.2) is 4.79 Å². The molecule has 0 aromatic heterocycles. The van der Waals surface area contributed by atoms with E-state index in [2.05, 4.69) is 5.32 Å². The lowest BCUT2D eigenvalue weighted by molar-refractivity contribution is 0.248. The Morgan fingerprint density at radius 3 is 3.21 bits per heavy atom. The molecular weight excluding hydrogens is 180 g/mol. The molecular formula is C10H12N2O2. The summed E-state index contributed by atoms with van der Waals surface area (Å²) in [5, 5.41) is 2.54. The van der Waals surface area contributed by atoms with E-state index in [0.717, 1.165) is 24.3 Å². The highest BCUT2D eigenvalue weighted by atomic mass is 16.5. The maximum Gasteiger partial charge on any atom is 0.312 e. The van der Waals surface area contributed by atoms with Crippen molar-refractivity contribution in [3.8, 4) is 5.75 Å². The summed E-state index contributed by atoms with van der Waals surface area (Å²) in [4.78, 5) is 10.5. The summed E-state index contributed by atoms with van der Waals surface area (Å²) >= 11 is 0. The molecule has 0 unspecified atom stereocenters. The molecule has 4 nitrogen and oxygen atoms in total. The Morgan fingerprint density at radius 2 is 2.43 bits per heavy atom. The molecule has 0 spiro atoms. The van der Waals surface area contributed by atoms with Crippen molar-refractivity contribution in [3.05, 3.63) is 29.3 Å². The van der Waals surface area contributed by atoms with Crippen molar-refractivity contribution in [3.63, 3.8) is 0 Å². The minimum atomic E-state index is -0.508. The molecule has 0 aliphatic carbocycles. The smallest absolute Gasteiger partial charge is 0.312 e. The van der Waals surface area contributed by atoms with Crippen LogP contribution in [0.15, 0.2) is 18.2 Å². The van der Waals surface area contributed by atoms with Gasteiger partial charge in [-0.15, -0.1) is 0 Å². The van der Waals surface area contributed by atoms with Gasteiger partial charge in [0.25, 0.3) is 0 Å². The average Bonchev–Trinajstić information content (AvgIpc) is 2.61. The molecule has 1 aromatic rings. The van der Waals surface area contributed by atoms with Gasteiger partial charge in [0.2, 0.25) is 0 Å². The minimum absolute atomic E-state index is 0.450. The van der Waals surface area contributed by atoms with E-state index in [9.17, 15) is 4.79 Å². The Labute approximate surface area is 82.1 Å². The third-order valence-corrected chi connectivity index (χ3v) is 2.23. The first-order chi connectivity index (χ1) is 6.75. The topological polar surface area (TPSA) is 64.4 Å². The zero-order valence-corrected chi connectivity index (χ0v) is 7.75. The first-order valence-electron chi connectivity index (χ1n) is 4.53. The zero-order valence-electron chi connectivity index (χ0n) is 7.75. The van der Waals surface area contributed by atoms with Crippen LogP contribution in [0.4, 0.5) is 4.79 Å². The molecule has 0 bridgehead atoms. The molecule has 14 heavy (non-hydrogen) atoms. The second-order valence-corrected chi connectivity index (χ2v) is 3.26. The molecule has 1 aliphatic rings. The van der Waals surface area contributed by atoms with Crippen molar-refractivity contribution in [1.82, 2.24) is 5.32 Å². The molecule has 3 N–H and O–H groups in total. The summed E-state index contributed by atoms with van der Waals surface area (Å²) in [6.45, 7) is 1.20. The fourth-order valence-corrected chi connectivity index (χ4v) is 1.51. The van der Waals surface area contributed by atoms with Crippen LogP contribution in [0.1, 0.15) is 11.1 Å². The lowest BCUT2D eigenvalue weighted by atomic mass is 10.1. The van der Waals surface area contributed by atoms with Gasteiger partial charge < -0.3 is 15.8 Å². The third-order valence-electron chi connectivity index (χ3n) is 2.23. The van der Waals surface area contributed by atoms with Crippen LogP contribution in [-0.4, -0.2) is 12.6 Å². The van der Waals surface area contributed by atoms with Crippen LogP contribution < -0.4 is 15.8 Å². The first-order valence-corrected chi connectivity index (χ1v) is 4.53. The van der Waals surface area contributed by atoms with E-state index in [1.165, 1.54) is 5.56 Å². The van der Waals surface area contributed by atoms with Crippen LogP contribution in [0.2, 0.25) is 0 Å². The van der Waals surface area contributed by atoms with Crippen molar-refractivity contribution in [2.24, 2.45) is 5.73 Å². The normalized spacial score (nSPS) is 13.1. The summed E-state index contributed by atoms with van der Waals surface area (Å²) < 4.78 is 5.40. The van der Waals surface area contributed by atoms with Crippen LogP contribution in [0.3, 0.4) is 0 Å². The highest BCUT2D eigenvalue weighted by molar-refractivity contribution is 5.71. The molecule has 74 valence electrons. The fourth-order valence-electron chi connectivity index (χ4n) is 1.51. The predicted molar refractivity (Wildman–Crippen MR) is 52.1 cm³/mol. The van der Waals surface area contributed by atoms with Crippen LogP contribution in [0.25, 0.3) is 0 Å². The van der Waals surface area contributed by atoms with Gasteiger partial charge >= 0.3 is 6.03 Å². The molecule has 2 rings (SSSR count). The molecule has 4 heteroatoms. The quantitative estimate of drug-likeness (QED) is 0.727. The van der Waals surface area contributed by atoms with E-state index in [4.69, 9.17) is 10.5 Å². The molecule has 1 aliphatic heterocycles. The minimum Gasteiger partial charge on any atom is -0.493 e. The number of amides is 2. The van der Waals surface area contributed by atoms with Crippen LogP contribution in [0.5, 0.6) is 5.75 Å². The van der Waals surface area contributed by atoms with Crippen molar-refractivity contribution in [1.29, 1.82) is 0 Å². The highest BCUT2D eigenvalue weighted by Gasteiger charge is 2.11. The number of hydrogen-bond acceptors (Lipinski definition) is 2. The Balaban J connectivity index is 2.09. The van der Waals surface area contributed by atoms with Crippen LogP contribution in [0, 0.1) is 0 Å². The Kier molecular flexibility index (Phi) is 2.26.